The molecule has 0 fully saturated rings. The smallest absolute Gasteiger partial charge is 0.315 e. The summed E-state index contributed by atoms with van der Waals surface area (Å²) in [5.74, 6) is -2.08. The second kappa shape index (κ2) is 23.8. The number of hydrogen-bond acceptors (Lipinski definition) is 9. The summed E-state index contributed by atoms with van der Waals surface area (Å²) in [4.78, 5) is 28.6. The van der Waals surface area contributed by atoms with Gasteiger partial charge in [-0.05, 0) is 67.8 Å². The van der Waals surface area contributed by atoms with Crippen molar-refractivity contribution < 1.29 is 37.9 Å². The number of nitrogens with zero attached hydrogens (tertiary/aromatic N) is 3. The summed E-state index contributed by atoms with van der Waals surface area (Å²) in [6.45, 7) is 8.46. The maximum absolute atomic E-state index is 14.2. The first-order chi connectivity index (χ1) is 31.5. The van der Waals surface area contributed by atoms with Gasteiger partial charge in [0, 0.05) is 29.8 Å². The molecule has 0 bridgehead atoms. The molecule has 0 heterocycles. The minimum absolute atomic E-state index is 0.118. The summed E-state index contributed by atoms with van der Waals surface area (Å²) in [7, 11) is -2.77. The van der Waals surface area contributed by atoms with Crippen LogP contribution in [0.15, 0.2) is 111 Å². The van der Waals surface area contributed by atoms with Crippen LogP contribution in [0.4, 0.5) is 17.1 Å². The van der Waals surface area contributed by atoms with E-state index in [2.05, 4.69) is 22.5 Å². The zero-order valence-corrected chi connectivity index (χ0v) is 40.3. The zero-order valence-electron chi connectivity index (χ0n) is 39.5. The molecule has 66 heavy (non-hydrogen) atoms. The van der Waals surface area contributed by atoms with Gasteiger partial charge in [-0.15, -0.1) is 0 Å². The molecular formula is C53H70N4O8S. The van der Waals surface area contributed by atoms with E-state index in [1.54, 1.807) is 49.4 Å². The molecule has 0 saturated carbocycles. The molecule has 1 aliphatic carbocycles. The van der Waals surface area contributed by atoms with Crippen molar-refractivity contribution in [2.75, 3.05) is 23.8 Å². The molecular weight excluding hydrogens is 853 g/mol. The van der Waals surface area contributed by atoms with Crippen LogP contribution in [-0.2, 0) is 20.3 Å². The summed E-state index contributed by atoms with van der Waals surface area (Å²) in [6, 6.07) is 18.9. The predicted molar refractivity (Wildman–Crippen MR) is 265 cm³/mol. The van der Waals surface area contributed by atoms with E-state index in [4.69, 9.17) is 0 Å². The third kappa shape index (κ3) is 13.5. The Hall–Kier alpha value is -5.53. The van der Waals surface area contributed by atoms with E-state index >= 15 is 0 Å². The van der Waals surface area contributed by atoms with Gasteiger partial charge < -0.3 is 25.5 Å². The Morgan fingerprint density at radius 2 is 1.32 bits per heavy atom. The SMILES string of the molecule is CCCCCCCCCCCCCCCCCCN(C)c1ccc(S(=O)(=O)O)cc1NC(=O)c1cc(N=NC2=CC=C(C(C)(C)c3ccc(O)cc3)CC2(C)C(=O)O)c2ccccc2c1O. The highest BCUT2D eigenvalue weighted by molar-refractivity contribution is 7.85. The minimum Gasteiger partial charge on any atom is -0.508 e. The molecule has 12 nitrogen and oxygen atoms in total. The topological polar surface area (TPSA) is 189 Å². The van der Waals surface area contributed by atoms with Crippen LogP contribution in [-0.4, -0.2) is 53.8 Å². The number of azo groups is 1. The fourth-order valence-electron chi connectivity index (χ4n) is 8.74. The zero-order chi connectivity index (χ0) is 47.9. The van der Waals surface area contributed by atoms with Crippen molar-refractivity contribution in [1.29, 1.82) is 0 Å². The lowest BCUT2D eigenvalue weighted by molar-refractivity contribution is -0.145. The average Bonchev–Trinajstić information content (AvgIpc) is 3.28. The standard InChI is InChI=1S/C53H70N4O8S/c1-6-7-8-9-10-11-12-13-14-15-16-17-18-19-20-23-34-57(5)47-32-31-41(66(63,64)65)35-46(47)54-50(60)44-36-45(42-24-21-22-25-43(42)49(44)59)55-56-48-33-28-39(37-53(48,4)51(61)62)52(2,3)38-26-29-40(58)30-27-38/h21-22,24-33,35-36,58-59H,6-20,23,34,37H2,1-5H3,(H,54,60)(H,61,62)(H,63,64,65). The third-order valence-corrected chi connectivity index (χ3v) is 14.0. The fraction of sp³-hybridized carbons (Fsp3) is 0.472. The second-order valence-corrected chi connectivity index (χ2v) is 20.0. The molecule has 4 aromatic carbocycles. The summed E-state index contributed by atoms with van der Waals surface area (Å²) >= 11 is 0. The number of unbranched alkanes of at least 4 members (excludes halogenated alkanes) is 15. The van der Waals surface area contributed by atoms with Gasteiger partial charge in [-0.1, -0.05) is 165 Å². The molecule has 0 saturated heterocycles. The number of fused-ring (bicyclic) bond motifs is 1. The van der Waals surface area contributed by atoms with E-state index in [0.29, 0.717) is 23.0 Å². The van der Waals surface area contributed by atoms with Crippen molar-refractivity contribution in [3.63, 3.8) is 0 Å². The number of amides is 1. The molecule has 0 radical (unpaired) electrons. The van der Waals surface area contributed by atoms with Crippen molar-refractivity contribution in [2.24, 2.45) is 15.6 Å². The molecule has 4 aromatic rings. The normalized spacial score (nSPS) is 15.5. The second-order valence-electron chi connectivity index (χ2n) is 18.6. The maximum Gasteiger partial charge on any atom is 0.315 e. The number of carbonyl (C=O) groups is 2. The van der Waals surface area contributed by atoms with Gasteiger partial charge in [-0.3, -0.25) is 14.1 Å². The van der Waals surface area contributed by atoms with Gasteiger partial charge in [-0.25, -0.2) is 0 Å². The summed E-state index contributed by atoms with van der Waals surface area (Å²) < 4.78 is 34.4. The molecule has 5 N–H and O–H groups in total. The number of phenols is 2. The van der Waals surface area contributed by atoms with Crippen molar-refractivity contribution in [3.05, 3.63) is 107 Å². The number of aromatic hydroxyl groups is 2. The number of aliphatic carboxylic acids is 1. The van der Waals surface area contributed by atoms with Crippen LogP contribution in [0.5, 0.6) is 11.5 Å². The van der Waals surface area contributed by atoms with E-state index in [1.165, 1.54) is 108 Å². The maximum atomic E-state index is 14.2. The molecule has 13 heteroatoms. The Morgan fingerprint density at radius 1 is 0.758 bits per heavy atom. The monoisotopic (exact) mass is 922 g/mol. The van der Waals surface area contributed by atoms with E-state index in [0.717, 1.165) is 30.4 Å². The van der Waals surface area contributed by atoms with Crippen LogP contribution >= 0.6 is 0 Å². The number of carboxylic acids is 1. The fourth-order valence-corrected chi connectivity index (χ4v) is 9.24. The van der Waals surface area contributed by atoms with Crippen LogP contribution < -0.4 is 10.2 Å². The van der Waals surface area contributed by atoms with Crippen LogP contribution in [0.2, 0.25) is 0 Å². The van der Waals surface area contributed by atoms with Crippen molar-refractivity contribution in [1.82, 2.24) is 0 Å². The summed E-state index contributed by atoms with van der Waals surface area (Å²) in [6.07, 6.45) is 23.7. The van der Waals surface area contributed by atoms with Gasteiger partial charge >= 0.3 is 5.97 Å². The summed E-state index contributed by atoms with van der Waals surface area (Å²) in [5.41, 5.74) is 0.542. The Balaban J connectivity index is 1.28. The Morgan fingerprint density at radius 3 is 1.88 bits per heavy atom. The predicted octanol–water partition coefficient (Wildman–Crippen LogP) is 13.8. The molecule has 1 unspecified atom stereocenters. The first kappa shape index (κ1) is 51.5. The number of carboxylic acid groups (broad SMARTS) is 1. The van der Waals surface area contributed by atoms with Gasteiger partial charge in [0.2, 0.25) is 0 Å². The Bertz CT molecular complexity index is 2500. The van der Waals surface area contributed by atoms with Gasteiger partial charge in [0.1, 0.15) is 16.9 Å². The third-order valence-electron chi connectivity index (χ3n) is 13.2. The van der Waals surface area contributed by atoms with Crippen LogP contribution in [0.3, 0.4) is 0 Å². The lowest BCUT2D eigenvalue weighted by atomic mass is 9.67. The molecule has 1 amide bonds. The number of nitrogens with one attached hydrogen (secondary N) is 1. The molecule has 1 atom stereocenters. The van der Waals surface area contributed by atoms with Crippen molar-refractivity contribution >= 4 is 49.8 Å². The van der Waals surface area contributed by atoms with Gasteiger partial charge in [0.15, 0.2) is 0 Å². The molecule has 0 spiro atoms. The number of allylic oxidation sites excluding steroid dienone is 3. The Kier molecular flexibility index (Phi) is 18.5. The number of benzene rings is 4. The number of phenolic OH excluding ortho intramolecular Hbond substituents is 2. The largest absolute Gasteiger partial charge is 0.508 e. The molecule has 1 aliphatic rings. The number of hydrogen-bond donors (Lipinski definition) is 5. The van der Waals surface area contributed by atoms with Gasteiger partial charge in [0.05, 0.1) is 33.2 Å². The molecule has 5 rings (SSSR count). The van der Waals surface area contributed by atoms with E-state index < -0.39 is 37.7 Å². The van der Waals surface area contributed by atoms with E-state index in [9.17, 15) is 37.9 Å². The highest BCUT2D eigenvalue weighted by Crippen LogP contribution is 2.47. The quantitative estimate of drug-likeness (QED) is 0.0232. The Labute approximate surface area is 391 Å². The molecule has 0 aromatic heterocycles. The van der Waals surface area contributed by atoms with Gasteiger partial charge in [-0.2, -0.15) is 18.6 Å². The first-order valence-electron chi connectivity index (χ1n) is 23.7. The molecule has 0 aliphatic heterocycles. The number of carbonyl (C=O) groups excluding carboxylic acids is 1. The van der Waals surface area contributed by atoms with Crippen molar-refractivity contribution in [2.45, 2.75) is 147 Å². The van der Waals surface area contributed by atoms with Crippen LogP contribution in [0, 0.1) is 5.41 Å². The number of rotatable bonds is 26. The van der Waals surface area contributed by atoms with E-state index in [-0.39, 0.29) is 40.6 Å². The van der Waals surface area contributed by atoms with E-state index in [1.807, 2.05) is 44.0 Å². The summed E-state index contributed by atoms with van der Waals surface area (Å²) in [5, 5.41) is 44.4. The lowest BCUT2D eigenvalue weighted by Crippen LogP contribution is -2.35. The number of anilines is 2. The van der Waals surface area contributed by atoms with Crippen LogP contribution in [0.25, 0.3) is 10.8 Å². The average molecular weight is 923 g/mol. The highest BCUT2D eigenvalue weighted by Gasteiger charge is 2.43. The van der Waals surface area contributed by atoms with Crippen LogP contribution in [0.1, 0.15) is 153 Å². The van der Waals surface area contributed by atoms with Gasteiger partial charge in [0.25, 0.3) is 16.0 Å². The highest BCUT2D eigenvalue weighted by atomic mass is 32.2. The minimum atomic E-state index is -4.62. The van der Waals surface area contributed by atoms with Crippen molar-refractivity contribution in [3.8, 4) is 11.5 Å². The first-order valence-corrected chi connectivity index (χ1v) is 25.2. The lowest BCUT2D eigenvalue weighted by Gasteiger charge is -2.36. The molecule has 356 valence electrons.